The summed E-state index contributed by atoms with van der Waals surface area (Å²) in [5.74, 6) is 0.797. The molecule has 0 aromatic carbocycles. The van der Waals surface area contributed by atoms with Gasteiger partial charge in [-0.05, 0) is 37.9 Å². The second kappa shape index (κ2) is 6.69. The third-order valence-corrected chi connectivity index (χ3v) is 4.68. The van der Waals surface area contributed by atoms with Crippen molar-refractivity contribution in [1.29, 1.82) is 0 Å². The molecular weight excluding hydrogens is 240 g/mol. The number of hydrogen-bond acceptors (Lipinski definition) is 3. The zero-order chi connectivity index (χ0) is 13.0. The van der Waals surface area contributed by atoms with E-state index in [1.807, 2.05) is 11.3 Å². The maximum atomic E-state index is 3.58. The van der Waals surface area contributed by atoms with Crippen molar-refractivity contribution in [2.45, 2.75) is 52.2 Å². The average molecular weight is 266 g/mol. The highest BCUT2D eigenvalue weighted by Gasteiger charge is 2.20. The van der Waals surface area contributed by atoms with E-state index in [1.165, 1.54) is 35.6 Å². The Morgan fingerprint density at radius 2 is 2.11 bits per heavy atom. The molecule has 1 saturated carbocycles. The summed E-state index contributed by atoms with van der Waals surface area (Å²) in [4.78, 5) is 5.42. The van der Waals surface area contributed by atoms with Crippen molar-refractivity contribution in [3.63, 3.8) is 0 Å². The molecular formula is C15H26N2S. The second-order valence-corrected chi connectivity index (χ2v) is 6.99. The van der Waals surface area contributed by atoms with Gasteiger partial charge in [0, 0.05) is 35.4 Å². The molecule has 0 amide bonds. The van der Waals surface area contributed by atoms with Crippen molar-refractivity contribution >= 4 is 11.3 Å². The first-order valence-electron chi connectivity index (χ1n) is 7.17. The normalized spacial score (nSPS) is 17.3. The van der Waals surface area contributed by atoms with Crippen LogP contribution in [0.5, 0.6) is 0 Å². The van der Waals surface area contributed by atoms with Gasteiger partial charge in [-0.15, -0.1) is 11.3 Å². The van der Waals surface area contributed by atoms with E-state index in [1.54, 1.807) is 0 Å². The van der Waals surface area contributed by atoms with E-state index in [9.17, 15) is 0 Å². The molecule has 0 radical (unpaired) electrons. The van der Waals surface area contributed by atoms with E-state index in [-0.39, 0.29) is 0 Å². The monoisotopic (exact) mass is 266 g/mol. The molecule has 2 rings (SSSR count). The maximum Gasteiger partial charge on any atom is 0.0325 e. The standard InChI is InChI=1S/C15H26N2S/c1-4-12(2)10-17(3)11-15-8-7-14(18-15)9-16-13-5-6-13/h7-8,12-13,16H,4-6,9-11H2,1-3H3. The summed E-state index contributed by atoms with van der Waals surface area (Å²) in [5, 5.41) is 3.58. The highest BCUT2D eigenvalue weighted by molar-refractivity contribution is 7.11. The Kier molecular flexibility index (Phi) is 5.22. The Morgan fingerprint density at radius 1 is 1.39 bits per heavy atom. The summed E-state index contributed by atoms with van der Waals surface area (Å²) < 4.78 is 0. The molecule has 1 heterocycles. The SMILES string of the molecule is CCC(C)CN(C)Cc1ccc(CNC2CC2)s1. The molecule has 18 heavy (non-hydrogen) atoms. The first kappa shape index (κ1) is 14.0. The van der Waals surface area contributed by atoms with E-state index < -0.39 is 0 Å². The lowest BCUT2D eigenvalue weighted by Crippen LogP contribution is -2.23. The molecule has 0 aliphatic heterocycles. The molecule has 1 unspecified atom stereocenters. The molecule has 1 fully saturated rings. The fourth-order valence-electron chi connectivity index (χ4n) is 2.13. The van der Waals surface area contributed by atoms with Crippen LogP contribution in [0, 0.1) is 5.92 Å². The van der Waals surface area contributed by atoms with Crippen LogP contribution in [0.2, 0.25) is 0 Å². The molecule has 1 aromatic rings. The molecule has 0 spiro atoms. The van der Waals surface area contributed by atoms with Gasteiger partial charge >= 0.3 is 0 Å². The van der Waals surface area contributed by atoms with Crippen molar-refractivity contribution in [2.24, 2.45) is 5.92 Å². The van der Waals surface area contributed by atoms with Gasteiger partial charge in [0.2, 0.25) is 0 Å². The summed E-state index contributed by atoms with van der Waals surface area (Å²) in [5.41, 5.74) is 0. The summed E-state index contributed by atoms with van der Waals surface area (Å²) >= 11 is 1.96. The van der Waals surface area contributed by atoms with Gasteiger partial charge in [-0.25, -0.2) is 0 Å². The molecule has 1 atom stereocenters. The molecule has 3 heteroatoms. The van der Waals surface area contributed by atoms with Gasteiger partial charge in [-0.2, -0.15) is 0 Å². The van der Waals surface area contributed by atoms with E-state index >= 15 is 0 Å². The Bertz CT molecular complexity index is 357. The first-order chi connectivity index (χ1) is 8.67. The van der Waals surface area contributed by atoms with Crippen LogP contribution in [0.15, 0.2) is 12.1 Å². The molecule has 1 aliphatic rings. The largest absolute Gasteiger partial charge is 0.309 e. The smallest absolute Gasteiger partial charge is 0.0325 e. The fourth-order valence-corrected chi connectivity index (χ4v) is 3.18. The molecule has 1 N–H and O–H groups in total. The quantitative estimate of drug-likeness (QED) is 0.775. The van der Waals surface area contributed by atoms with Gasteiger partial charge in [-0.3, -0.25) is 0 Å². The van der Waals surface area contributed by atoms with Crippen LogP contribution in [-0.4, -0.2) is 24.5 Å². The summed E-state index contributed by atoms with van der Waals surface area (Å²) in [6.07, 6.45) is 4.01. The van der Waals surface area contributed by atoms with E-state index in [0.717, 1.165) is 25.0 Å². The van der Waals surface area contributed by atoms with Crippen molar-refractivity contribution in [3.05, 3.63) is 21.9 Å². The maximum absolute atomic E-state index is 3.58. The van der Waals surface area contributed by atoms with Crippen LogP contribution in [0.4, 0.5) is 0 Å². The van der Waals surface area contributed by atoms with Gasteiger partial charge < -0.3 is 10.2 Å². The topological polar surface area (TPSA) is 15.3 Å². The Balaban J connectivity index is 1.74. The lowest BCUT2D eigenvalue weighted by molar-refractivity contribution is 0.277. The molecule has 2 nitrogen and oxygen atoms in total. The van der Waals surface area contributed by atoms with E-state index in [2.05, 4.69) is 43.2 Å². The zero-order valence-corrected chi connectivity index (χ0v) is 12.7. The Hall–Kier alpha value is -0.380. The van der Waals surface area contributed by atoms with Gasteiger partial charge in [0.25, 0.3) is 0 Å². The van der Waals surface area contributed by atoms with Crippen molar-refractivity contribution in [1.82, 2.24) is 10.2 Å². The minimum absolute atomic E-state index is 0.797. The second-order valence-electron chi connectivity index (χ2n) is 5.73. The molecule has 0 bridgehead atoms. The van der Waals surface area contributed by atoms with E-state index in [0.29, 0.717) is 0 Å². The van der Waals surface area contributed by atoms with Gasteiger partial charge in [-0.1, -0.05) is 20.3 Å². The van der Waals surface area contributed by atoms with Crippen molar-refractivity contribution in [2.75, 3.05) is 13.6 Å². The van der Waals surface area contributed by atoms with Crippen LogP contribution in [0.3, 0.4) is 0 Å². The predicted octanol–water partition coefficient (Wildman–Crippen LogP) is 3.48. The summed E-state index contributed by atoms with van der Waals surface area (Å²) in [7, 11) is 2.23. The van der Waals surface area contributed by atoms with Gasteiger partial charge in [0.05, 0.1) is 0 Å². The summed E-state index contributed by atoms with van der Waals surface area (Å²) in [6, 6.07) is 5.39. The lowest BCUT2D eigenvalue weighted by atomic mass is 10.1. The number of rotatable bonds is 8. The fraction of sp³-hybridized carbons (Fsp3) is 0.733. The van der Waals surface area contributed by atoms with Gasteiger partial charge in [0.1, 0.15) is 0 Å². The zero-order valence-electron chi connectivity index (χ0n) is 11.9. The Morgan fingerprint density at radius 3 is 2.78 bits per heavy atom. The van der Waals surface area contributed by atoms with E-state index in [4.69, 9.17) is 0 Å². The van der Waals surface area contributed by atoms with Crippen molar-refractivity contribution in [3.8, 4) is 0 Å². The third-order valence-electron chi connectivity index (χ3n) is 3.61. The minimum atomic E-state index is 0.797. The van der Waals surface area contributed by atoms with Crippen LogP contribution in [-0.2, 0) is 13.1 Å². The lowest BCUT2D eigenvalue weighted by Gasteiger charge is -2.19. The van der Waals surface area contributed by atoms with Crippen molar-refractivity contribution < 1.29 is 0 Å². The number of nitrogens with zero attached hydrogens (tertiary/aromatic N) is 1. The van der Waals surface area contributed by atoms with Gasteiger partial charge in [0.15, 0.2) is 0 Å². The first-order valence-corrected chi connectivity index (χ1v) is 7.98. The number of hydrogen-bond donors (Lipinski definition) is 1. The molecule has 102 valence electrons. The highest BCUT2D eigenvalue weighted by atomic mass is 32.1. The predicted molar refractivity (Wildman–Crippen MR) is 80.0 cm³/mol. The minimum Gasteiger partial charge on any atom is -0.309 e. The number of nitrogens with one attached hydrogen (secondary N) is 1. The third kappa shape index (κ3) is 4.71. The summed E-state index contributed by atoms with van der Waals surface area (Å²) in [6.45, 7) is 7.95. The van der Waals surface area contributed by atoms with Crippen LogP contribution in [0.1, 0.15) is 42.9 Å². The van der Waals surface area contributed by atoms with Crippen LogP contribution >= 0.6 is 11.3 Å². The molecule has 1 aliphatic carbocycles. The van der Waals surface area contributed by atoms with Crippen LogP contribution < -0.4 is 5.32 Å². The Labute approximate surface area is 115 Å². The highest BCUT2D eigenvalue weighted by Crippen LogP contribution is 2.22. The van der Waals surface area contributed by atoms with Crippen LogP contribution in [0.25, 0.3) is 0 Å². The number of thiophene rings is 1. The molecule has 1 aromatic heterocycles. The molecule has 0 saturated heterocycles. The average Bonchev–Trinajstić information content (AvgIpc) is 3.07.